The van der Waals surface area contributed by atoms with Crippen LogP contribution >= 0.6 is 0 Å². The molecule has 0 bridgehead atoms. The largest absolute Gasteiger partial charge is 0.101 e. The van der Waals surface area contributed by atoms with E-state index in [1.165, 1.54) is 0 Å². The summed E-state index contributed by atoms with van der Waals surface area (Å²) in [5.74, 6) is 0. The molecule has 0 rings (SSSR count). The van der Waals surface area contributed by atoms with Crippen molar-refractivity contribution in [1.29, 1.82) is 0 Å². The van der Waals surface area contributed by atoms with Gasteiger partial charge in [-0.2, -0.15) is 0 Å². The fourth-order valence-electron chi connectivity index (χ4n) is 1.20. The Morgan fingerprint density at radius 1 is 0.556 bits per heavy atom. The summed E-state index contributed by atoms with van der Waals surface area (Å²) in [7, 11) is 0. The van der Waals surface area contributed by atoms with Crippen LogP contribution in [0.3, 0.4) is 0 Å². The Bertz CT molecular complexity index is 194. The highest BCUT2D eigenvalue weighted by molar-refractivity contribution is 4.69. The molecule has 0 aromatic rings. The first-order chi connectivity index (χ1) is 8.23. The van der Waals surface area contributed by atoms with Crippen LogP contribution in [0.2, 0.25) is 0 Å². The molecule has 0 aliphatic carbocycles. The van der Waals surface area contributed by atoms with Gasteiger partial charge >= 0.3 is 0 Å². The van der Waals surface area contributed by atoms with Crippen LogP contribution in [0.5, 0.6) is 0 Å². The van der Waals surface area contributed by atoms with Gasteiger partial charge < -0.3 is 0 Å². The van der Waals surface area contributed by atoms with E-state index in [0.29, 0.717) is 0 Å². The molecular weight excluding hydrogens is 280 g/mol. The maximum atomic E-state index is 12.1. The molecule has 110 valence electrons. The molecule has 0 saturated heterocycles. The van der Waals surface area contributed by atoms with Crippen molar-refractivity contribution in [1.82, 2.24) is 21.4 Å². The van der Waals surface area contributed by atoms with Crippen molar-refractivity contribution in [2.75, 3.05) is 13.1 Å². The molecule has 0 N–H and O–H groups in total. The minimum absolute atomic E-state index is 0.791. The number of hydrogen-bond donors (Lipinski definition) is 0. The SMILES string of the molecule is FN(F)CC(CCC(CN(F)F)N(F)F)N(F)F. The molecule has 2 atom stereocenters. The van der Waals surface area contributed by atoms with Crippen molar-refractivity contribution in [3.8, 4) is 0 Å². The normalized spacial score (nSPS) is 16.0. The van der Waals surface area contributed by atoms with Gasteiger partial charge in [0.25, 0.3) is 0 Å². The maximum Gasteiger partial charge on any atom is 0.0911 e. The topological polar surface area (TPSA) is 13.0 Å². The van der Waals surface area contributed by atoms with Gasteiger partial charge in [-0.3, -0.25) is 0 Å². The summed E-state index contributed by atoms with van der Waals surface area (Å²) in [5, 5.41) is -6.20. The molecule has 2 unspecified atom stereocenters. The van der Waals surface area contributed by atoms with Crippen LogP contribution in [0.1, 0.15) is 12.8 Å². The van der Waals surface area contributed by atoms with E-state index in [4.69, 9.17) is 0 Å². The first kappa shape index (κ1) is 17.3. The minimum atomic E-state index is -2.02. The third-order valence-corrected chi connectivity index (χ3v) is 2.08. The van der Waals surface area contributed by atoms with Gasteiger partial charge in [-0.15, -0.1) is 35.9 Å². The summed E-state index contributed by atoms with van der Waals surface area (Å²) in [6.07, 6.45) is -1.58. The Morgan fingerprint density at radius 2 is 0.833 bits per heavy atom. The minimum Gasteiger partial charge on any atom is -0.101 e. The highest BCUT2D eigenvalue weighted by Gasteiger charge is 2.28. The molecule has 18 heavy (non-hydrogen) atoms. The predicted octanol–water partition coefficient (Wildman–Crippen LogP) is 2.79. The van der Waals surface area contributed by atoms with Crippen LogP contribution in [-0.4, -0.2) is 46.5 Å². The smallest absolute Gasteiger partial charge is 0.0911 e. The molecule has 0 aliphatic rings. The third kappa shape index (κ3) is 7.58. The van der Waals surface area contributed by atoms with Crippen molar-refractivity contribution in [3.63, 3.8) is 0 Å². The highest BCUT2D eigenvalue weighted by Crippen LogP contribution is 2.17. The van der Waals surface area contributed by atoms with Gasteiger partial charge in [0, 0.05) is 21.4 Å². The summed E-state index contributed by atoms with van der Waals surface area (Å²) < 4.78 is 95.2. The lowest BCUT2D eigenvalue weighted by Crippen LogP contribution is -2.35. The number of hydrogen-bond acceptors (Lipinski definition) is 4. The first-order valence-corrected chi connectivity index (χ1v) is 4.63. The van der Waals surface area contributed by atoms with E-state index in [1.54, 1.807) is 0 Å². The molecule has 0 aromatic heterocycles. The lowest BCUT2D eigenvalue weighted by Gasteiger charge is -2.20. The Morgan fingerprint density at radius 3 is 1.00 bits per heavy atom. The lowest BCUT2D eigenvalue weighted by molar-refractivity contribution is -0.243. The van der Waals surface area contributed by atoms with Crippen molar-refractivity contribution in [2.45, 2.75) is 24.9 Å². The van der Waals surface area contributed by atoms with Gasteiger partial charge in [0.1, 0.15) is 0 Å². The molecule has 0 amide bonds. The van der Waals surface area contributed by atoms with Gasteiger partial charge in [-0.05, 0) is 12.8 Å². The van der Waals surface area contributed by atoms with Crippen LogP contribution < -0.4 is 0 Å². The van der Waals surface area contributed by atoms with Gasteiger partial charge in [-0.25, -0.2) is 0 Å². The number of halogens is 8. The van der Waals surface area contributed by atoms with Crippen molar-refractivity contribution < 1.29 is 35.9 Å². The summed E-state index contributed by atoms with van der Waals surface area (Å²) >= 11 is 0. The zero-order valence-corrected chi connectivity index (χ0v) is 8.80. The monoisotopic (exact) mass is 290 g/mol. The van der Waals surface area contributed by atoms with E-state index < -0.39 is 59.4 Å². The average molecular weight is 290 g/mol. The van der Waals surface area contributed by atoms with Crippen molar-refractivity contribution in [3.05, 3.63) is 0 Å². The van der Waals surface area contributed by atoms with Crippen LogP contribution in [0.25, 0.3) is 0 Å². The number of rotatable bonds is 9. The van der Waals surface area contributed by atoms with E-state index in [-0.39, 0.29) is 0 Å². The Kier molecular flexibility index (Phi) is 8.06. The third-order valence-electron chi connectivity index (χ3n) is 2.08. The molecule has 0 spiro atoms. The van der Waals surface area contributed by atoms with E-state index in [9.17, 15) is 35.9 Å². The molecule has 0 aromatic carbocycles. The van der Waals surface area contributed by atoms with E-state index in [0.717, 1.165) is 0 Å². The maximum absolute atomic E-state index is 12.1. The summed E-state index contributed by atoms with van der Waals surface area (Å²) in [5.41, 5.74) is 0. The molecule has 12 heteroatoms. The van der Waals surface area contributed by atoms with Gasteiger partial charge in [0.15, 0.2) is 0 Å². The van der Waals surface area contributed by atoms with Crippen LogP contribution in [0, 0.1) is 0 Å². The lowest BCUT2D eigenvalue weighted by atomic mass is 10.1. The summed E-state index contributed by atoms with van der Waals surface area (Å²) in [4.78, 5) is 0. The van der Waals surface area contributed by atoms with Gasteiger partial charge in [-0.1, -0.05) is 0 Å². The highest BCUT2D eigenvalue weighted by atomic mass is 19.4. The fraction of sp³-hybridized carbons (Fsp3) is 1.00. The predicted molar refractivity (Wildman–Crippen MR) is 42.8 cm³/mol. The summed E-state index contributed by atoms with van der Waals surface area (Å²) in [6, 6.07) is -4.04. The van der Waals surface area contributed by atoms with Crippen molar-refractivity contribution in [2.24, 2.45) is 0 Å². The molecule has 4 nitrogen and oxygen atoms in total. The summed E-state index contributed by atoms with van der Waals surface area (Å²) in [6.45, 7) is -2.76. The van der Waals surface area contributed by atoms with E-state index in [1.807, 2.05) is 0 Å². The van der Waals surface area contributed by atoms with Crippen LogP contribution in [0.4, 0.5) is 35.9 Å². The molecule has 0 saturated carbocycles. The Labute approximate surface area is 96.4 Å². The second-order valence-electron chi connectivity index (χ2n) is 3.37. The second kappa shape index (κ2) is 8.39. The average Bonchev–Trinajstić information content (AvgIpc) is 2.20. The molecule has 0 heterocycles. The molecule has 0 fully saturated rings. The quantitative estimate of drug-likeness (QED) is 0.478. The molecular formula is C6H10F8N4. The fourth-order valence-corrected chi connectivity index (χ4v) is 1.20. The number of nitrogens with zero attached hydrogens (tertiary/aromatic N) is 4. The zero-order valence-electron chi connectivity index (χ0n) is 8.80. The molecule has 0 radical (unpaired) electrons. The van der Waals surface area contributed by atoms with Gasteiger partial charge in [0.2, 0.25) is 0 Å². The van der Waals surface area contributed by atoms with E-state index >= 15 is 0 Å². The Balaban J connectivity index is 4.28. The standard InChI is InChI=1S/C6H10F8N4/c7-15(8)3-5(17(11)12)1-2-6(18(13)14)4-16(9)10/h5-6H,1-4H2. The van der Waals surface area contributed by atoms with Gasteiger partial charge in [0.05, 0.1) is 25.2 Å². The van der Waals surface area contributed by atoms with Crippen molar-refractivity contribution >= 4 is 0 Å². The molecule has 0 aliphatic heterocycles. The zero-order chi connectivity index (χ0) is 14.3. The second-order valence-corrected chi connectivity index (χ2v) is 3.37. The Hall–Kier alpha value is -0.720. The van der Waals surface area contributed by atoms with Crippen LogP contribution in [0.15, 0.2) is 0 Å². The van der Waals surface area contributed by atoms with E-state index in [2.05, 4.69) is 0 Å². The first-order valence-electron chi connectivity index (χ1n) is 4.63. The van der Waals surface area contributed by atoms with Crippen LogP contribution in [-0.2, 0) is 0 Å².